The Labute approximate surface area is 207 Å². The number of ether oxygens (including phenoxy) is 3. The molecule has 12 heteroatoms. The molecule has 1 saturated heterocycles. The maximum atomic E-state index is 12.3. The molecule has 3 aromatic heterocycles. The Morgan fingerprint density at radius 3 is 2.86 bits per heavy atom. The summed E-state index contributed by atoms with van der Waals surface area (Å²) in [4.78, 5) is 23.6. The lowest BCUT2D eigenvalue weighted by Crippen LogP contribution is -2.33. The molecule has 1 aliphatic heterocycles. The first-order chi connectivity index (χ1) is 17.6. The first-order valence-electron chi connectivity index (χ1n) is 11.4. The zero-order chi connectivity index (χ0) is 25.2. The maximum Gasteiger partial charge on any atom is 0.341 e. The number of carbonyl (C=O) groups excluding carboxylic acids is 1. The van der Waals surface area contributed by atoms with Crippen LogP contribution in [0, 0.1) is 0 Å². The van der Waals surface area contributed by atoms with E-state index >= 15 is 0 Å². The Kier molecular flexibility index (Phi) is 6.34. The topological polar surface area (TPSA) is 128 Å². The lowest BCUT2D eigenvalue weighted by Gasteiger charge is -2.25. The number of benzene rings is 1. The van der Waals surface area contributed by atoms with Crippen molar-refractivity contribution >= 4 is 29.1 Å². The van der Waals surface area contributed by atoms with E-state index in [2.05, 4.69) is 20.3 Å². The second-order valence-electron chi connectivity index (χ2n) is 8.28. The quantitative estimate of drug-likeness (QED) is 0.353. The molecule has 5 rings (SSSR count). The molecule has 0 saturated carbocycles. The van der Waals surface area contributed by atoms with Crippen molar-refractivity contribution in [1.29, 1.82) is 0 Å². The van der Waals surface area contributed by atoms with Crippen LogP contribution in [0.1, 0.15) is 23.2 Å². The Morgan fingerprint density at radius 1 is 1.25 bits per heavy atom. The van der Waals surface area contributed by atoms with Crippen LogP contribution in [0.2, 0.25) is 0 Å². The summed E-state index contributed by atoms with van der Waals surface area (Å²) < 4.78 is 19.2. The van der Waals surface area contributed by atoms with Gasteiger partial charge in [0.05, 0.1) is 45.9 Å². The molecule has 0 spiro atoms. The highest BCUT2D eigenvalue weighted by Gasteiger charge is 2.27. The van der Waals surface area contributed by atoms with Crippen molar-refractivity contribution in [1.82, 2.24) is 24.1 Å². The minimum atomic E-state index is -0.547. The molecule has 36 heavy (non-hydrogen) atoms. The van der Waals surface area contributed by atoms with Crippen molar-refractivity contribution in [3.8, 4) is 17.2 Å². The number of nitrogens with zero attached hydrogens (tertiary/aromatic N) is 6. The van der Waals surface area contributed by atoms with Gasteiger partial charge in [-0.2, -0.15) is 4.98 Å². The van der Waals surface area contributed by atoms with Crippen LogP contribution in [0.3, 0.4) is 0 Å². The monoisotopic (exact) mass is 493 g/mol. The molecule has 4 heterocycles. The van der Waals surface area contributed by atoms with Gasteiger partial charge in [0.2, 0.25) is 5.95 Å². The molecule has 0 bridgehead atoms. The molecule has 1 fully saturated rings. The third-order valence-electron chi connectivity index (χ3n) is 6.22. The van der Waals surface area contributed by atoms with Crippen LogP contribution in [-0.2, 0) is 4.74 Å². The number of carbonyl (C=O) groups is 1. The van der Waals surface area contributed by atoms with Gasteiger partial charge in [-0.1, -0.05) is 0 Å². The number of esters is 1. The molecule has 0 radical (unpaired) electrons. The van der Waals surface area contributed by atoms with Crippen LogP contribution in [0.4, 0.5) is 17.6 Å². The number of aliphatic hydroxyl groups is 1. The van der Waals surface area contributed by atoms with Crippen LogP contribution in [0.15, 0.2) is 43.0 Å². The average Bonchev–Trinajstić information content (AvgIpc) is 3.67. The lowest BCUT2D eigenvalue weighted by atomic mass is 10.1. The van der Waals surface area contributed by atoms with Gasteiger partial charge >= 0.3 is 5.97 Å². The molecule has 0 aliphatic carbocycles. The number of aliphatic hydroxyl groups excluding tert-OH is 1. The summed E-state index contributed by atoms with van der Waals surface area (Å²) in [5, 5.41) is 17.5. The number of hydrogen-bond acceptors (Lipinski definition) is 10. The van der Waals surface area contributed by atoms with Gasteiger partial charge in [0.1, 0.15) is 17.4 Å². The average molecular weight is 494 g/mol. The Bertz CT molecular complexity index is 1400. The van der Waals surface area contributed by atoms with Gasteiger partial charge in [-0.15, -0.1) is 5.10 Å². The van der Waals surface area contributed by atoms with E-state index in [4.69, 9.17) is 19.2 Å². The highest BCUT2D eigenvalue weighted by atomic mass is 16.5. The predicted molar refractivity (Wildman–Crippen MR) is 132 cm³/mol. The number of methoxy groups -OCH3 is 3. The summed E-state index contributed by atoms with van der Waals surface area (Å²) >= 11 is 0. The van der Waals surface area contributed by atoms with E-state index in [0.29, 0.717) is 23.2 Å². The van der Waals surface area contributed by atoms with Gasteiger partial charge in [-0.05, 0) is 31.0 Å². The fourth-order valence-corrected chi connectivity index (χ4v) is 4.49. The molecule has 0 unspecified atom stereocenters. The number of nitrogens with one attached hydrogen (secondary N) is 1. The zero-order valence-electron chi connectivity index (χ0n) is 20.2. The molecule has 1 aliphatic rings. The maximum absolute atomic E-state index is 12.3. The number of hydrogen-bond donors (Lipinski definition) is 2. The third-order valence-corrected chi connectivity index (χ3v) is 6.22. The highest BCUT2D eigenvalue weighted by molar-refractivity contribution is 5.94. The largest absolute Gasteiger partial charge is 0.493 e. The van der Waals surface area contributed by atoms with Gasteiger partial charge in [-0.25, -0.2) is 14.3 Å². The SMILES string of the molecule is COC(=O)c1cc(-n2cnc(Nc3nc(N4CCC[C@H]4CO)c4cccn4n3)c2)cc(OC)c1OC. The van der Waals surface area contributed by atoms with Crippen LogP contribution in [0.5, 0.6) is 11.5 Å². The van der Waals surface area contributed by atoms with E-state index in [1.807, 2.05) is 18.3 Å². The van der Waals surface area contributed by atoms with Crippen molar-refractivity contribution in [3.05, 3.63) is 48.5 Å². The highest BCUT2D eigenvalue weighted by Crippen LogP contribution is 2.35. The van der Waals surface area contributed by atoms with Gasteiger partial charge < -0.3 is 34.1 Å². The fourth-order valence-electron chi connectivity index (χ4n) is 4.49. The Morgan fingerprint density at radius 2 is 2.11 bits per heavy atom. The van der Waals surface area contributed by atoms with Gasteiger partial charge in [-0.3, -0.25) is 0 Å². The normalized spacial score (nSPS) is 15.3. The van der Waals surface area contributed by atoms with Gasteiger partial charge in [0.25, 0.3) is 0 Å². The number of imidazole rings is 1. The van der Waals surface area contributed by atoms with Crippen molar-refractivity contribution < 1.29 is 24.1 Å². The molecule has 1 atom stereocenters. The molecular formula is C24H27N7O5. The van der Waals surface area contributed by atoms with Crippen LogP contribution >= 0.6 is 0 Å². The number of fused-ring (bicyclic) bond motifs is 1. The second kappa shape index (κ2) is 9.74. The van der Waals surface area contributed by atoms with Crippen molar-refractivity contribution in [3.63, 3.8) is 0 Å². The molecule has 4 aromatic rings. The molecule has 2 N–H and O–H groups in total. The first-order valence-corrected chi connectivity index (χ1v) is 11.4. The summed E-state index contributed by atoms with van der Waals surface area (Å²) in [5.41, 5.74) is 1.72. The minimum absolute atomic E-state index is 0.0275. The van der Waals surface area contributed by atoms with Crippen LogP contribution < -0.4 is 19.7 Å². The molecule has 1 aromatic carbocycles. The number of aromatic nitrogens is 5. The second-order valence-corrected chi connectivity index (χ2v) is 8.28. The summed E-state index contributed by atoms with van der Waals surface area (Å²) in [7, 11) is 4.27. The van der Waals surface area contributed by atoms with E-state index < -0.39 is 5.97 Å². The number of anilines is 3. The summed E-state index contributed by atoms with van der Waals surface area (Å²) in [6.07, 6.45) is 7.11. The smallest absolute Gasteiger partial charge is 0.341 e. The van der Waals surface area contributed by atoms with Crippen LogP contribution in [0.25, 0.3) is 11.2 Å². The van der Waals surface area contributed by atoms with Crippen LogP contribution in [-0.4, -0.2) is 75.7 Å². The Hall–Kier alpha value is -4.32. The molecule has 12 nitrogen and oxygen atoms in total. The van der Waals surface area contributed by atoms with E-state index in [9.17, 15) is 9.90 Å². The standard InChI is InChI=1S/C24H27N7O5/c1-34-19-11-16(10-17(21(19)35-2)23(33)36-3)29-12-20(25-14-29)26-24-27-22(18-7-5-9-31(18)28-24)30-8-4-6-15(30)13-32/h5,7,9-12,14-15,32H,4,6,8,13H2,1-3H3,(H,26,28)/t15-/m0/s1. The van der Waals surface area contributed by atoms with Gasteiger partial charge in [0, 0.05) is 18.8 Å². The summed E-state index contributed by atoms with van der Waals surface area (Å²) in [5.74, 6) is 1.75. The van der Waals surface area contributed by atoms with E-state index in [0.717, 1.165) is 30.7 Å². The fraction of sp³-hybridized carbons (Fsp3) is 0.333. The Balaban J connectivity index is 1.47. The van der Waals surface area contributed by atoms with E-state index in [-0.39, 0.29) is 24.0 Å². The minimum Gasteiger partial charge on any atom is -0.493 e. The van der Waals surface area contributed by atoms with E-state index in [1.54, 1.807) is 33.7 Å². The molecule has 188 valence electrons. The third kappa shape index (κ3) is 4.15. The first kappa shape index (κ1) is 23.4. The summed E-state index contributed by atoms with van der Waals surface area (Å²) in [6.45, 7) is 0.891. The molecule has 0 amide bonds. The predicted octanol–water partition coefficient (Wildman–Crippen LogP) is 2.42. The van der Waals surface area contributed by atoms with E-state index in [1.165, 1.54) is 21.3 Å². The van der Waals surface area contributed by atoms with Gasteiger partial charge in [0.15, 0.2) is 23.1 Å². The molecular weight excluding hydrogens is 466 g/mol. The van der Waals surface area contributed by atoms with Crippen molar-refractivity contribution in [2.45, 2.75) is 18.9 Å². The zero-order valence-corrected chi connectivity index (χ0v) is 20.2. The summed E-state index contributed by atoms with van der Waals surface area (Å²) in [6, 6.07) is 7.27. The van der Waals surface area contributed by atoms with Crippen molar-refractivity contribution in [2.24, 2.45) is 0 Å². The lowest BCUT2D eigenvalue weighted by molar-refractivity contribution is 0.0596. The number of rotatable bonds is 8. The van der Waals surface area contributed by atoms with Crippen molar-refractivity contribution in [2.75, 3.05) is 44.7 Å².